The Balaban J connectivity index is 1.66. The highest BCUT2D eigenvalue weighted by atomic mass is 32.2. The lowest BCUT2D eigenvalue weighted by Crippen LogP contribution is -2.09. The Morgan fingerprint density at radius 3 is 1.89 bits per heavy atom. The van der Waals surface area contributed by atoms with Crippen LogP contribution in [0.4, 0.5) is 5.69 Å². The van der Waals surface area contributed by atoms with Crippen molar-refractivity contribution in [2.75, 3.05) is 11.1 Å². The number of nitrogens with one attached hydrogen (secondary N) is 1. The van der Waals surface area contributed by atoms with Crippen molar-refractivity contribution in [2.24, 2.45) is 0 Å². The lowest BCUT2D eigenvalue weighted by atomic mass is 10.1. The summed E-state index contributed by atoms with van der Waals surface area (Å²) in [7, 11) is -3.34. The Morgan fingerprint density at radius 1 is 0.778 bits per heavy atom. The van der Waals surface area contributed by atoms with E-state index in [4.69, 9.17) is 0 Å². The van der Waals surface area contributed by atoms with Gasteiger partial charge < -0.3 is 15.5 Å². The quantitative estimate of drug-likeness (QED) is 0.117. The summed E-state index contributed by atoms with van der Waals surface area (Å²) in [6, 6.07) is 10.4. The first-order chi connectivity index (χ1) is 17.3. The SMILES string of the molecule is CCCCCCCCCCCCCCS(=O)(=O)c1ccc(NC(=O)C=Cc2ccc(O)c(O)c2)cc1. The summed E-state index contributed by atoms with van der Waals surface area (Å²) < 4.78 is 25.2. The number of phenols is 2. The maximum Gasteiger partial charge on any atom is 0.248 e. The van der Waals surface area contributed by atoms with E-state index < -0.39 is 15.7 Å². The first-order valence-corrected chi connectivity index (χ1v) is 14.8. The largest absolute Gasteiger partial charge is 0.504 e. The second kappa shape index (κ2) is 16.0. The zero-order chi connectivity index (χ0) is 26.2. The molecule has 6 nitrogen and oxygen atoms in total. The fourth-order valence-electron chi connectivity index (χ4n) is 4.00. The minimum Gasteiger partial charge on any atom is -0.504 e. The number of aromatic hydroxyl groups is 2. The number of carbonyl (C=O) groups excluding carboxylic acids is 1. The van der Waals surface area contributed by atoms with E-state index in [2.05, 4.69) is 12.2 Å². The number of hydrogen-bond donors (Lipinski definition) is 3. The molecular weight excluding hydrogens is 474 g/mol. The van der Waals surface area contributed by atoms with Crippen LogP contribution in [0.25, 0.3) is 6.08 Å². The minimum atomic E-state index is -3.34. The molecule has 36 heavy (non-hydrogen) atoms. The van der Waals surface area contributed by atoms with Crippen LogP contribution in [0, 0.1) is 0 Å². The van der Waals surface area contributed by atoms with Gasteiger partial charge in [0.1, 0.15) is 0 Å². The molecule has 0 aliphatic rings. The molecule has 0 aliphatic carbocycles. The van der Waals surface area contributed by atoms with Crippen LogP contribution >= 0.6 is 0 Å². The number of sulfone groups is 1. The molecule has 0 bridgehead atoms. The van der Waals surface area contributed by atoms with Crippen molar-refractivity contribution in [3.05, 3.63) is 54.1 Å². The van der Waals surface area contributed by atoms with Gasteiger partial charge in [0.05, 0.1) is 10.6 Å². The average Bonchev–Trinajstić information content (AvgIpc) is 2.86. The maximum absolute atomic E-state index is 12.6. The van der Waals surface area contributed by atoms with Gasteiger partial charge in [-0.15, -0.1) is 0 Å². The lowest BCUT2D eigenvalue weighted by molar-refractivity contribution is -0.111. The molecule has 2 aromatic rings. The molecule has 1 amide bonds. The van der Waals surface area contributed by atoms with E-state index in [0.717, 1.165) is 12.8 Å². The molecule has 0 saturated carbocycles. The number of hydrogen-bond acceptors (Lipinski definition) is 5. The van der Waals surface area contributed by atoms with Crippen molar-refractivity contribution in [3.63, 3.8) is 0 Å². The van der Waals surface area contributed by atoms with Gasteiger partial charge in [-0.05, 0) is 54.5 Å². The Labute approximate surface area is 216 Å². The van der Waals surface area contributed by atoms with Crippen LogP contribution < -0.4 is 5.32 Å². The summed E-state index contributed by atoms with van der Waals surface area (Å²) in [6.07, 6.45) is 17.1. The van der Waals surface area contributed by atoms with Crippen LogP contribution in [0.15, 0.2) is 53.4 Å². The first-order valence-electron chi connectivity index (χ1n) is 13.2. The van der Waals surface area contributed by atoms with Gasteiger partial charge in [0.2, 0.25) is 5.91 Å². The Morgan fingerprint density at radius 2 is 1.33 bits per heavy atom. The third kappa shape index (κ3) is 11.3. The predicted molar refractivity (Wildman–Crippen MR) is 147 cm³/mol. The number of amides is 1. The molecule has 0 aliphatic heterocycles. The minimum absolute atomic E-state index is 0.137. The van der Waals surface area contributed by atoms with E-state index >= 15 is 0 Å². The van der Waals surface area contributed by atoms with Crippen LogP contribution in [0.3, 0.4) is 0 Å². The van der Waals surface area contributed by atoms with Gasteiger partial charge in [-0.1, -0.05) is 83.6 Å². The van der Waals surface area contributed by atoms with Crippen molar-refractivity contribution in [2.45, 2.75) is 88.9 Å². The molecule has 198 valence electrons. The van der Waals surface area contributed by atoms with E-state index in [9.17, 15) is 23.4 Å². The Hall–Kier alpha value is -2.80. The van der Waals surface area contributed by atoms with Crippen molar-refractivity contribution in [1.82, 2.24) is 0 Å². The molecular formula is C29H41NO5S. The summed E-state index contributed by atoms with van der Waals surface area (Å²) in [5.41, 5.74) is 1.04. The monoisotopic (exact) mass is 515 g/mol. The highest BCUT2D eigenvalue weighted by molar-refractivity contribution is 7.91. The molecule has 0 radical (unpaired) electrons. The Kier molecular flexibility index (Phi) is 13.1. The highest BCUT2D eigenvalue weighted by Gasteiger charge is 2.14. The molecule has 0 aromatic heterocycles. The zero-order valence-corrected chi connectivity index (χ0v) is 22.2. The molecule has 0 saturated heterocycles. The summed E-state index contributed by atoms with van der Waals surface area (Å²) >= 11 is 0. The third-order valence-corrected chi connectivity index (χ3v) is 7.99. The fraction of sp³-hybridized carbons (Fsp3) is 0.483. The average molecular weight is 516 g/mol. The number of carbonyl (C=O) groups is 1. The maximum atomic E-state index is 12.6. The van der Waals surface area contributed by atoms with Crippen molar-refractivity contribution in [1.29, 1.82) is 0 Å². The number of benzene rings is 2. The van der Waals surface area contributed by atoms with E-state index in [1.807, 2.05) is 0 Å². The molecule has 0 fully saturated rings. The highest BCUT2D eigenvalue weighted by Crippen LogP contribution is 2.25. The second-order valence-electron chi connectivity index (χ2n) is 9.30. The van der Waals surface area contributed by atoms with Gasteiger partial charge in [-0.2, -0.15) is 0 Å². The summed E-state index contributed by atoms with van der Waals surface area (Å²) in [6.45, 7) is 2.24. The summed E-state index contributed by atoms with van der Waals surface area (Å²) in [4.78, 5) is 12.4. The molecule has 3 N–H and O–H groups in total. The third-order valence-electron chi connectivity index (χ3n) is 6.17. The van der Waals surface area contributed by atoms with E-state index in [-0.39, 0.29) is 22.1 Å². The first kappa shape index (κ1) is 29.4. The standard InChI is InChI=1S/C29H41NO5S/c1-2-3-4-5-6-7-8-9-10-11-12-13-22-36(34,35)26-18-16-25(17-19-26)30-29(33)21-15-24-14-20-27(31)28(32)23-24/h14-21,23,31-32H,2-13,22H2,1H3,(H,30,33). The van der Waals surface area contributed by atoms with Crippen molar-refractivity contribution in [3.8, 4) is 11.5 Å². The second-order valence-corrected chi connectivity index (χ2v) is 11.4. The van der Waals surface area contributed by atoms with E-state index in [0.29, 0.717) is 17.7 Å². The molecule has 7 heteroatoms. The number of rotatable bonds is 17. The van der Waals surface area contributed by atoms with Gasteiger partial charge in [-0.3, -0.25) is 4.79 Å². The lowest BCUT2D eigenvalue weighted by Gasteiger charge is -2.07. The van der Waals surface area contributed by atoms with Gasteiger partial charge >= 0.3 is 0 Å². The van der Waals surface area contributed by atoms with Crippen LogP contribution in [-0.2, 0) is 14.6 Å². The molecule has 2 rings (SSSR count). The van der Waals surface area contributed by atoms with Gasteiger partial charge in [-0.25, -0.2) is 8.42 Å². The molecule has 0 spiro atoms. The van der Waals surface area contributed by atoms with Gasteiger partial charge in [0, 0.05) is 11.8 Å². The summed E-state index contributed by atoms with van der Waals surface area (Å²) in [5.74, 6) is -0.754. The van der Waals surface area contributed by atoms with Crippen LogP contribution in [0.1, 0.15) is 89.5 Å². The van der Waals surface area contributed by atoms with Gasteiger partial charge in [0.25, 0.3) is 0 Å². The normalized spacial score (nSPS) is 11.7. The molecule has 2 aromatic carbocycles. The van der Waals surface area contributed by atoms with Crippen LogP contribution in [0.5, 0.6) is 11.5 Å². The van der Waals surface area contributed by atoms with Crippen LogP contribution in [0.2, 0.25) is 0 Å². The molecule has 0 atom stereocenters. The van der Waals surface area contributed by atoms with Crippen LogP contribution in [-0.4, -0.2) is 30.3 Å². The molecule has 0 unspecified atom stereocenters. The predicted octanol–water partition coefficient (Wildman–Crippen LogP) is 7.22. The number of unbranched alkanes of at least 4 members (excludes halogenated alkanes) is 11. The van der Waals surface area contributed by atoms with Crippen molar-refractivity contribution < 1.29 is 23.4 Å². The Bertz CT molecular complexity index is 1060. The number of phenolic OH excluding ortho intramolecular Hbond substituents is 2. The smallest absolute Gasteiger partial charge is 0.248 e. The fourth-order valence-corrected chi connectivity index (χ4v) is 5.37. The zero-order valence-electron chi connectivity index (χ0n) is 21.4. The van der Waals surface area contributed by atoms with Crippen molar-refractivity contribution >= 4 is 27.5 Å². The summed E-state index contributed by atoms with van der Waals surface area (Å²) in [5, 5.41) is 21.5. The van der Waals surface area contributed by atoms with E-state index in [1.165, 1.54) is 94.2 Å². The molecule has 0 heterocycles. The van der Waals surface area contributed by atoms with Gasteiger partial charge in [0.15, 0.2) is 21.3 Å². The van der Waals surface area contributed by atoms with E-state index in [1.54, 1.807) is 18.2 Å². The number of anilines is 1. The topological polar surface area (TPSA) is 104 Å².